The van der Waals surface area contributed by atoms with E-state index in [1.807, 2.05) is 36.4 Å². The molecule has 22 heavy (non-hydrogen) atoms. The van der Waals surface area contributed by atoms with Gasteiger partial charge in [-0.2, -0.15) is 0 Å². The van der Waals surface area contributed by atoms with Crippen molar-refractivity contribution >= 4 is 6.08 Å². The normalized spacial score (nSPS) is 22.1. The van der Waals surface area contributed by atoms with Gasteiger partial charge in [-0.1, -0.05) is 42.0 Å². The summed E-state index contributed by atoms with van der Waals surface area (Å²) in [7, 11) is 0. The summed E-state index contributed by atoms with van der Waals surface area (Å²) in [6.07, 6.45) is 3.16. The van der Waals surface area contributed by atoms with Gasteiger partial charge < -0.3 is 0 Å². The van der Waals surface area contributed by atoms with Gasteiger partial charge in [0.15, 0.2) is 23.3 Å². The number of allylic oxidation sites excluding steroid dienone is 1. The van der Waals surface area contributed by atoms with Gasteiger partial charge in [0.05, 0.1) is 0 Å². The summed E-state index contributed by atoms with van der Waals surface area (Å²) in [5.74, 6) is -6.60. The molecule has 0 amide bonds. The first-order valence-electron chi connectivity index (χ1n) is 7.22. The van der Waals surface area contributed by atoms with E-state index in [4.69, 9.17) is 0 Å². The zero-order valence-electron chi connectivity index (χ0n) is 11.5. The van der Waals surface area contributed by atoms with Crippen molar-refractivity contribution in [1.29, 1.82) is 0 Å². The van der Waals surface area contributed by atoms with Gasteiger partial charge >= 0.3 is 0 Å². The molecule has 0 aliphatic heterocycles. The molecule has 2 aromatic rings. The smallest absolute Gasteiger partial charge is 0.197 e. The van der Waals surface area contributed by atoms with Gasteiger partial charge in [-0.3, -0.25) is 0 Å². The maximum absolute atomic E-state index is 14.1. The SMILES string of the molecule is Fc1c(F)c(F)c2c(c1F)C1CCC2C1=Cc1ccccc1. The lowest BCUT2D eigenvalue weighted by Crippen LogP contribution is -2.09. The van der Waals surface area contributed by atoms with Crippen LogP contribution >= 0.6 is 0 Å². The molecule has 112 valence electrons. The Balaban J connectivity index is 1.91. The molecule has 2 bridgehead atoms. The molecule has 1 fully saturated rings. The summed E-state index contributed by atoms with van der Waals surface area (Å²) in [6.45, 7) is 0. The van der Waals surface area contributed by atoms with Gasteiger partial charge in [0, 0.05) is 23.0 Å². The van der Waals surface area contributed by atoms with Crippen molar-refractivity contribution in [2.24, 2.45) is 0 Å². The van der Waals surface area contributed by atoms with Crippen LogP contribution in [0.4, 0.5) is 17.6 Å². The van der Waals surface area contributed by atoms with Crippen molar-refractivity contribution < 1.29 is 17.6 Å². The summed E-state index contributed by atoms with van der Waals surface area (Å²) < 4.78 is 55.2. The van der Waals surface area contributed by atoms with Crippen molar-refractivity contribution in [3.8, 4) is 0 Å². The van der Waals surface area contributed by atoms with E-state index in [1.165, 1.54) is 0 Å². The minimum Gasteiger partial charge on any atom is -0.203 e. The monoisotopic (exact) mass is 304 g/mol. The van der Waals surface area contributed by atoms with Crippen LogP contribution in [-0.2, 0) is 0 Å². The van der Waals surface area contributed by atoms with E-state index in [1.54, 1.807) is 0 Å². The lowest BCUT2D eigenvalue weighted by atomic mass is 9.90. The third-order valence-corrected chi connectivity index (χ3v) is 4.72. The van der Waals surface area contributed by atoms with Gasteiger partial charge in [-0.15, -0.1) is 0 Å². The average molecular weight is 304 g/mol. The van der Waals surface area contributed by atoms with Crippen LogP contribution in [0.2, 0.25) is 0 Å². The molecule has 1 saturated carbocycles. The molecule has 0 N–H and O–H groups in total. The lowest BCUT2D eigenvalue weighted by Gasteiger charge is -2.16. The van der Waals surface area contributed by atoms with Crippen molar-refractivity contribution in [2.45, 2.75) is 24.7 Å². The molecule has 0 nitrogen and oxygen atoms in total. The zero-order valence-corrected chi connectivity index (χ0v) is 11.5. The molecule has 2 aliphatic rings. The molecule has 4 rings (SSSR count). The number of benzene rings is 2. The Morgan fingerprint density at radius 2 is 1.23 bits per heavy atom. The summed E-state index contributed by atoms with van der Waals surface area (Å²) in [5.41, 5.74) is 1.79. The van der Waals surface area contributed by atoms with E-state index in [9.17, 15) is 17.6 Å². The third kappa shape index (κ3) is 1.70. The van der Waals surface area contributed by atoms with Crippen LogP contribution in [0.1, 0.15) is 41.4 Å². The van der Waals surface area contributed by atoms with Crippen LogP contribution in [0.5, 0.6) is 0 Å². The topological polar surface area (TPSA) is 0 Å². The highest BCUT2D eigenvalue weighted by atomic mass is 19.2. The van der Waals surface area contributed by atoms with Crippen LogP contribution in [0, 0.1) is 23.3 Å². The first-order chi connectivity index (χ1) is 10.6. The highest BCUT2D eigenvalue weighted by Crippen LogP contribution is 2.59. The van der Waals surface area contributed by atoms with Gasteiger partial charge in [0.1, 0.15) is 0 Å². The summed E-state index contributed by atoms with van der Waals surface area (Å²) in [5, 5.41) is 0. The minimum atomic E-state index is -1.71. The first-order valence-corrected chi connectivity index (χ1v) is 7.22. The largest absolute Gasteiger partial charge is 0.203 e. The fraction of sp³-hybridized carbons (Fsp3) is 0.222. The van der Waals surface area contributed by atoms with Gasteiger partial charge in [-0.05, 0) is 18.4 Å². The fourth-order valence-corrected chi connectivity index (χ4v) is 3.82. The Hall–Kier alpha value is -2.10. The molecule has 0 heterocycles. The van der Waals surface area contributed by atoms with Crippen LogP contribution in [0.15, 0.2) is 35.9 Å². The summed E-state index contributed by atoms with van der Waals surface area (Å²) in [4.78, 5) is 0. The molecule has 0 radical (unpaired) electrons. The van der Waals surface area contributed by atoms with E-state index in [0.29, 0.717) is 12.8 Å². The van der Waals surface area contributed by atoms with Crippen molar-refractivity contribution in [3.05, 3.63) is 75.9 Å². The predicted molar refractivity (Wildman–Crippen MR) is 75.4 cm³/mol. The Morgan fingerprint density at radius 3 is 1.73 bits per heavy atom. The Bertz CT molecular complexity index is 748. The second-order valence-corrected chi connectivity index (χ2v) is 5.82. The van der Waals surface area contributed by atoms with Crippen LogP contribution in [0.25, 0.3) is 6.08 Å². The van der Waals surface area contributed by atoms with Gasteiger partial charge in [-0.25, -0.2) is 17.6 Å². The molecule has 0 saturated heterocycles. The van der Waals surface area contributed by atoms with E-state index < -0.39 is 23.3 Å². The van der Waals surface area contributed by atoms with E-state index >= 15 is 0 Å². The molecule has 2 aliphatic carbocycles. The number of rotatable bonds is 1. The van der Waals surface area contributed by atoms with E-state index in [0.717, 1.165) is 11.1 Å². The maximum Gasteiger partial charge on any atom is 0.197 e. The molecule has 2 aromatic carbocycles. The number of halogens is 4. The molecule has 0 spiro atoms. The number of hydrogen-bond acceptors (Lipinski definition) is 0. The minimum absolute atomic E-state index is 0.00910. The van der Waals surface area contributed by atoms with Crippen LogP contribution < -0.4 is 0 Å². The molecule has 2 atom stereocenters. The Kier molecular flexibility index (Phi) is 2.90. The Morgan fingerprint density at radius 1 is 0.727 bits per heavy atom. The lowest BCUT2D eigenvalue weighted by molar-refractivity contribution is 0.394. The second-order valence-electron chi connectivity index (χ2n) is 5.82. The zero-order chi connectivity index (χ0) is 15.4. The second kappa shape index (κ2) is 4.70. The molecule has 0 aromatic heterocycles. The van der Waals surface area contributed by atoms with Gasteiger partial charge in [0.2, 0.25) is 0 Å². The van der Waals surface area contributed by atoms with Gasteiger partial charge in [0.25, 0.3) is 0 Å². The summed E-state index contributed by atoms with van der Waals surface area (Å²) >= 11 is 0. The van der Waals surface area contributed by atoms with Crippen LogP contribution in [-0.4, -0.2) is 0 Å². The van der Waals surface area contributed by atoms with Crippen molar-refractivity contribution in [2.75, 3.05) is 0 Å². The van der Waals surface area contributed by atoms with E-state index in [2.05, 4.69) is 0 Å². The molecule has 4 heteroatoms. The number of hydrogen-bond donors (Lipinski definition) is 0. The molecule has 2 unspecified atom stereocenters. The highest BCUT2D eigenvalue weighted by molar-refractivity contribution is 5.65. The van der Waals surface area contributed by atoms with Crippen molar-refractivity contribution in [1.82, 2.24) is 0 Å². The molecular weight excluding hydrogens is 292 g/mol. The average Bonchev–Trinajstić information content (AvgIpc) is 3.07. The standard InChI is InChI=1S/C18H12F4/c19-15-13-10-6-7-11(14(13)16(20)18(22)17(15)21)12(10)8-9-4-2-1-3-5-9/h1-5,8,10-11H,6-7H2. The fourth-order valence-electron chi connectivity index (χ4n) is 3.82. The van der Waals surface area contributed by atoms with Crippen molar-refractivity contribution in [3.63, 3.8) is 0 Å². The quantitative estimate of drug-likeness (QED) is 0.381. The maximum atomic E-state index is 14.1. The third-order valence-electron chi connectivity index (χ3n) is 4.72. The highest BCUT2D eigenvalue weighted by Gasteiger charge is 2.47. The predicted octanol–water partition coefficient (Wildman–Crippen LogP) is 5.30. The summed E-state index contributed by atoms with van der Waals surface area (Å²) in [6, 6.07) is 9.41. The first kappa shape index (κ1) is 13.6. The van der Waals surface area contributed by atoms with Crippen LogP contribution in [0.3, 0.4) is 0 Å². The van der Waals surface area contributed by atoms with E-state index in [-0.39, 0.29) is 23.0 Å². The molecular formula is C18H12F4. The Labute approximate surface area is 125 Å². The number of fused-ring (bicyclic) bond motifs is 5.